The minimum Gasteiger partial charge on any atom is -0.370 e. The zero-order valence-electron chi connectivity index (χ0n) is 15.4. The van der Waals surface area contributed by atoms with Gasteiger partial charge in [0.05, 0.1) is 12.0 Å². The van der Waals surface area contributed by atoms with Crippen LogP contribution in [0.5, 0.6) is 0 Å². The van der Waals surface area contributed by atoms with Crippen molar-refractivity contribution < 1.29 is 0 Å². The summed E-state index contributed by atoms with van der Waals surface area (Å²) in [5, 5.41) is 3.21. The van der Waals surface area contributed by atoms with Crippen molar-refractivity contribution in [2.45, 2.75) is 12.8 Å². The molecule has 6 nitrogen and oxygen atoms in total. The number of hydrogen-bond donors (Lipinski definition) is 3. The molecule has 6 heteroatoms. The first-order valence-electron chi connectivity index (χ1n) is 9.22. The predicted molar refractivity (Wildman–Crippen MR) is 111 cm³/mol. The number of para-hydroxylation sites is 2. The van der Waals surface area contributed by atoms with E-state index in [-0.39, 0.29) is 0 Å². The standard InChI is InChI=1S/C21H26N6/c22-21(24-13-7-8-18-16-23-17-26-18)25-14-15-27(19-9-3-1-4-10-19)20-11-5-2-6-12-20/h1-6,9-12,16-17H,7-8,13-15H2,(H,23,26)(H3,22,24,25). The molecule has 1 aromatic heterocycles. The summed E-state index contributed by atoms with van der Waals surface area (Å²) in [6, 6.07) is 20.7. The van der Waals surface area contributed by atoms with Crippen molar-refractivity contribution in [1.82, 2.24) is 15.3 Å². The van der Waals surface area contributed by atoms with E-state index in [1.807, 2.05) is 42.6 Å². The zero-order chi connectivity index (χ0) is 18.7. The number of aryl methyl sites for hydroxylation is 1. The van der Waals surface area contributed by atoms with Crippen molar-refractivity contribution in [2.75, 3.05) is 24.5 Å². The van der Waals surface area contributed by atoms with E-state index in [0.29, 0.717) is 19.0 Å². The molecule has 0 amide bonds. The van der Waals surface area contributed by atoms with Crippen molar-refractivity contribution in [3.63, 3.8) is 0 Å². The van der Waals surface area contributed by atoms with Crippen molar-refractivity contribution in [3.8, 4) is 0 Å². The van der Waals surface area contributed by atoms with Gasteiger partial charge in [0.2, 0.25) is 0 Å². The summed E-state index contributed by atoms with van der Waals surface area (Å²) in [7, 11) is 0. The van der Waals surface area contributed by atoms with Crippen LogP contribution >= 0.6 is 0 Å². The minimum atomic E-state index is 0.484. The van der Waals surface area contributed by atoms with Gasteiger partial charge >= 0.3 is 0 Å². The molecule has 0 bridgehead atoms. The first-order valence-corrected chi connectivity index (χ1v) is 9.22. The van der Waals surface area contributed by atoms with E-state index in [0.717, 1.165) is 36.5 Å². The maximum Gasteiger partial charge on any atom is 0.188 e. The Morgan fingerprint density at radius 2 is 1.70 bits per heavy atom. The lowest BCUT2D eigenvalue weighted by Crippen LogP contribution is -2.37. The topological polar surface area (TPSA) is 82.3 Å². The van der Waals surface area contributed by atoms with Crippen LogP contribution in [0.1, 0.15) is 12.1 Å². The molecular formula is C21H26N6. The Bertz CT molecular complexity index is 760. The summed E-state index contributed by atoms with van der Waals surface area (Å²) in [5.74, 6) is 0.484. The molecule has 2 aromatic carbocycles. The number of imidazole rings is 1. The van der Waals surface area contributed by atoms with E-state index >= 15 is 0 Å². The van der Waals surface area contributed by atoms with Gasteiger partial charge in [-0.1, -0.05) is 36.4 Å². The maximum absolute atomic E-state index is 6.00. The van der Waals surface area contributed by atoms with Gasteiger partial charge < -0.3 is 20.9 Å². The number of aromatic nitrogens is 2. The molecule has 0 spiro atoms. The highest BCUT2D eigenvalue weighted by atomic mass is 15.2. The largest absolute Gasteiger partial charge is 0.370 e. The van der Waals surface area contributed by atoms with Crippen LogP contribution in [-0.4, -0.2) is 35.6 Å². The molecule has 1 heterocycles. The summed E-state index contributed by atoms with van der Waals surface area (Å²) in [6.07, 6.45) is 5.43. The number of hydrogen-bond acceptors (Lipinski definition) is 3. The van der Waals surface area contributed by atoms with E-state index in [9.17, 15) is 0 Å². The normalized spacial score (nSPS) is 11.3. The van der Waals surface area contributed by atoms with E-state index in [1.54, 1.807) is 6.33 Å². The molecular weight excluding hydrogens is 336 g/mol. The number of guanidine groups is 1. The molecule has 140 valence electrons. The number of nitrogens with two attached hydrogens (primary N) is 1. The lowest BCUT2D eigenvalue weighted by molar-refractivity contribution is 0.795. The SMILES string of the molecule is NC(=NCCCc1c[nH]cn1)NCCN(c1ccccc1)c1ccccc1. The number of aliphatic imine (C=N–C) groups is 1. The molecule has 0 atom stereocenters. The molecule has 0 aliphatic heterocycles. The van der Waals surface area contributed by atoms with Gasteiger partial charge in [0.1, 0.15) is 0 Å². The molecule has 3 rings (SSSR count). The Hall–Kier alpha value is -3.28. The van der Waals surface area contributed by atoms with Crippen LogP contribution < -0.4 is 16.0 Å². The Balaban J connectivity index is 1.49. The average Bonchev–Trinajstić information content (AvgIpc) is 3.23. The fraction of sp³-hybridized carbons (Fsp3) is 0.238. The van der Waals surface area contributed by atoms with Crippen LogP contribution in [0.25, 0.3) is 0 Å². The highest BCUT2D eigenvalue weighted by Gasteiger charge is 2.08. The molecule has 3 aromatic rings. The van der Waals surface area contributed by atoms with Crippen molar-refractivity contribution in [2.24, 2.45) is 10.7 Å². The van der Waals surface area contributed by atoms with Crippen molar-refractivity contribution >= 4 is 17.3 Å². The number of anilines is 2. The van der Waals surface area contributed by atoms with Gasteiger partial charge in [-0.3, -0.25) is 4.99 Å². The highest BCUT2D eigenvalue weighted by molar-refractivity contribution is 5.77. The third-order valence-electron chi connectivity index (χ3n) is 4.21. The highest BCUT2D eigenvalue weighted by Crippen LogP contribution is 2.23. The second kappa shape index (κ2) is 10.0. The third-order valence-corrected chi connectivity index (χ3v) is 4.21. The molecule has 0 saturated heterocycles. The summed E-state index contributed by atoms with van der Waals surface area (Å²) in [4.78, 5) is 13.8. The zero-order valence-corrected chi connectivity index (χ0v) is 15.4. The summed E-state index contributed by atoms with van der Waals surface area (Å²) in [6.45, 7) is 2.18. The average molecular weight is 362 g/mol. The third kappa shape index (κ3) is 5.88. The van der Waals surface area contributed by atoms with Gasteiger partial charge in [0.15, 0.2) is 5.96 Å². The van der Waals surface area contributed by atoms with Crippen LogP contribution in [0.2, 0.25) is 0 Å². The van der Waals surface area contributed by atoms with Crippen LogP contribution in [0.4, 0.5) is 11.4 Å². The molecule has 0 aliphatic rings. The second-order valence-electron chi connectivity index (χ2n) is 6.18. The van der Waals surface area contributed by atoms with Gasteiger partial charge in [-0.2, -0.15) is 0 Å². The number of aromatic amines is 1. The van der Waals surface area contributed by atoms with Gasteiger partial charge in [-0.25, -0.2) is 4.98 Å². The Labute approximate surface area is 160 Å². The first-order chi connectivity index (χ1) is 13.3. The van der Waals surface area contributed by atoms with Gasteiger partial charge in [-0.15, -0.1) is 0 Å². The van der Waals surface area contributed by atoms with Gasteiger partial charge in [0, 0.05) is 37.2 Å². The molecule has 0 aliphatic carbocycles. The number of benzene rings is 2. The van der Waals surface area contributed by atoms with Gasteiger partial charge in [-0.05, 0) is 37.1 Å². The van der Waals surface area contributed by atoms with E-state index in [4.69, 9.17) is 5.73 Å². The smallest absolute Gasteiger partial charge is 0.188 e. The number of rotatable bonds is 9. The van der Waals surface area contributed by atoms with Crippen molar-refractivity contribution in [1.29, 1.82) is 0 Å². The second-order valence-corrected chi connectivity index (χ2v) is 6.18. The van der Waals surface area contributed by atoms with Gasteiger partial charge in [0.25, 0.3) is 0 Å². The lowest BCUT2D eigenvalue weighted by Gasteiger charge is -2.25. The Kier molecular flexibility index (Phi) is 6.86. The molecule has 0 saturated carbocycles. The molecule has 27 heavy (non-hydrogen) atoms. The number of nitrogens with one attached hydrogen (secondary N) is 2. The minimum absolute atomic E-state index is 0.484. The first kappa shape index (κ1) is 18.5. The van der Waals surface area contributed by atoms with Crippen LogP contribution in [0.15, 0.2) is 78.2 Å². The summed E-state index contributed by atoms with van der Waals surface area (Å²) in [5.41, 5.74) is 9.35. The molecule has 0 unspecified atom stereocenters. The molecule has 0 radical (unpaired) electrons. The van der Waals surface area contributed by atoms with E-state index < -0.39 is 0 Å². The molecule has 4 N–H and O–H groups in total. The monoisotopic (exact) mass is 362 g/mol. The Morgan fingerprint density at radius 3 is 2.30 bits per heavy atom. The predicted octanol–water partition coefficient (Wildman–Crippen LogP) is 3.08. The van der Waals surface area contributed by atoms with Crippen molar-refractivity contribution in [3.05, 3.63) is 78.9 Å². The lowest BCUT2D eigenvalue weighted by atomic mass is 10.2. The quantitative estimate of drug-likeness (QED) is 0.310. The number of H-pyrrole nitrogens is 1. The van der Waals surface area contributed by atoms with Crippen LogP contribution in [0.3, 0.4) is 0 Å². The fourth-order valence-corrected chi connectivity index (χ4v) is 2.86. The fourth-order valence-electron chi connectivity index (χ4n) is 2.86. The van der Waals surface area contributed by atoms with Crippen LogP contribution in [0, 0.1) is 0 Å². The van der Waals surface area contributed by atoms with Crippen LogP contribution in [-0.2, 0) is 6.42 Å². The molecule has 0 fully saturated rings. The van der Waals surface area contributed by atoms with E-state index in [1.165, 1.54) is 0 Å². The summed E-state index contributed by atoms with van der Waals surface area (Å²) >= 11 is 0. The van der Waals surface area contributed by atoms with E-state index in [2.05, 4.69) is 49.4 Å². The number of nitrogens with zero attached hydrogens (tertiary/aromatic N) is 3. The summed E-state index contributed by atoms with van der Waals surface area (Å²) < 4.78 is 0. The Morgan fingerprint density at radius 1 is 1.04 bits per heavy atom. The maximum atomic E-state index is 6.00.